The van der Waals surface area contributed by atoms with Crippen LogP contribution in [0.25, 0.3) is 10.8 Å². The maximum atomic E-state index is 13.3. The van der Waals surface area contributed by atoms with Crippen LogP contribution in [0.1, 0.15) is 19.4 Å². The molecule has 28 heavy (non-hydrogen) atoms. The molecule has 6 heteroatoms. The highest BCUT2D eigenvalue weighted by molar-refractivity contribution is 6.11. The van der Waals surface area contributed by atoms with Gasteiger partial charge in [-0.15, -0.1) is 0 Å². The van der Waals surface area contributed by atoms with Gasteiger partial charge in [-0.3, -0.25) is 14.8 Å². The average molecular weight is 372 g/mol. The zero-order valence-corrected chi connectivity index (χ0v) is 15.7. The number of carbonyl (C=O) groups excluding carboxylic acids is 1. The van der Waals surface area contributed by atoms with Crippen LogP contribution in [0.3, 0.4) is 0 Å². The minimum atomic E-state index is -1.02. The van der Waals surface area contributed by atoms with Crippen molar-refractivity contribution in [1.82, 2.24) is 4.98 Å². The third-order valence-corrected chi connectivity index (χ3v) is 5.02. The van der Waals surface area contributed by atoms with E-state index in [0.29, 0.717) is 16.9 Å². The van der Waals surface area contributed by atoms with Gasteiger partial charge in [0.1, 0.15) is 6.04 Å². The van der Waals surface area contributed by atoms with E-state index in [4.69, 9.17) is 0 Å². The number of pyridine rings is 1. The van der Waals surface area contributed by atoms with Gasteiger partial charge in [0.15, 0.2) is 0 Å². The Labute approximate surface area is 163 Å². The molecule has 1 fully saturated rings. The molecule has 2 aromatic carbocycles. The Morgan fingerprint density at radius 3 is 2.71 bits per heavy atom. The summed E-state index contributed by atoms with van der Waals surface area (Å²) in [5, 5.41) is 21.8. The number of amides is 2. The number of urea groups is 1. The molecule has 0 radical (unpaired) electrons. The number of hydrogen-bond donors (Lipinski definition) is 1. The highest BCUT2D eigenvalue weighted by atomic mass is 16.3. The second-order valence-corrected chi connectivity index (χ2v) is 7.40. The van der Waals surface area contributed by atoms with Crippen LogP contribution >= 0.6 is 0 Å². The van der Waals surface area contributed by atoms with Crippen LogP contribution in [-0.2, 0) is 5.60 Å². The van der Waals surface area contributed by atoms with Gasteiger partial charge in [-0.05, 0) is 31.5 Å². The Kier molecular flexibility index (Phi) is 4.25. The Morgan fingerprint density at radius 2 is 1.96 bits per heavy atom. The van der Waals surface area contributed by atoms with Crippen LogP contribution in [-0.4, -0.2) is 28.7 Å². The lowest BCUT2D eigenvalue weighted by molar-refractivity contribution is 0.0786. The average Bonchev–Trinajstić information content (AvgIpc) is 3.03. The van der Waals surface area contributed by atoms with E-state index in [9.17, 15) is 15.2 Å². The van der Waals surface area contributed by atoms with Gasteiger partial charge in [-0.1, -0.05) is 36.4 Å². The molecule has 1 aliphatic heterocycles. The van der Waals surface area contributed by atoms with Gasteiger partial charge in [0.05, 0.1) is 30.1 Å². The van der Waals surface area contributed by atoms with Crippen molar-refractivity contribution < 1.29 is 9.90 Å². The minimum Gasteiger partial charge on any atom is -0.386 e. The summed E-state index contributed by atoms with van der Waals surface area (Å²) in [6.07, 6.45) is 3.37. The molecular weight excluding hydrogens is 352 g/mol. The first-order chi connectivity index (χ1) is 13.4. The number of aliphatic hydroxyl groups is 1. The summed E-state index contributed by atoms with van der Waals surface area (Å²) in [6.45, 7) is 3.64. The molecule has 2 heterocycles. The smallest absolute Gasteiger partial charge is 0.330 e. The van der Waals surface area contributed by atoms with E-state index >= 15 is 0 Å². The summed E-state index contributed by atoms with van der Waals surface area (Å²) in [4.78, 5) is 20.6. The molecule has 1 atom stereocenters. The number of anilines is 2. The fourth-order valence-corrected chi connectivity index (χ4v) is 3.53. The Balaban J connectivity index is 1.78. The predicted octanol–water partition coefficient (Wildman–Crippen LogP) is 3.80. The molecule has 140 valence electrons. The van der Waals surface area contributed by atoms with E-state index in [2.05, 4.69) is 11.1 Å². The molecule has 2 amide bonds. The topological polar surface area (TPSA) is 80.5 Å². The molecular formula is C22H20N4O2. The summed E-state index contributed by atoms with van der Waals surface area (Å²) in [7, 11) is 0. The number of rotatable bonds is 3. The number of fused-ring (bicyclic) bond motifs is 1. The SMILES string of the molecule is CC(C)(O)c1cccc(N2C[C@@H](C#N)N(c3cncc4ccccc34)C2=O)c1. The van der Waals surface area contributed by atoms with Crippen molar-refractivity contribution in [3.8, 4) is 6.07 Å². The molecule has 0 saturated carbocycles. The molecule has 0 bridgehead atoms. The van der Waals surface area contributed by atoms with Crippen molar-refractivity contribution >= 4 is 28.2 Å². The van der Waals surface area contributed by atoms with Crippen molar-refractivity contribution in [2.45, 2.75) is 25.5 Å². The molecule has 0 spiro atoms. The summed E-state index contributed by atoms with van der Waals surface area (Å²) < 4.78 is 0. The van der Waals surface area contributed by atoms with E-state index in [1.165, 1.54) is 4.90 Å². The molecule has 3 aromatic rings. The summed E-state index contributed by atoms with van der Waals surface area (Å²) in [5.74, 6) is 0. The van der Waals surface area contributed by atoms with Crippen molar-refractivity contribution in [1.29, 1.82) is 5.26 Å². The van der Waals surface area contributed by atoms with Crippen molar-refractivity contribution in [3.63, 3.8) is 0 Å². The quantitative estimate of drug-likeness (QED) is 0.758. The number of carbonyl (C=O) groups is 1. The summed E-state index contributed by atoms with van der Waals surface area (Å²) in [5.41, 5.74) is 0.958. The van der Waals surface area contributed by atoms with E-state index in [0.717, 1.165) is 10.8 Å². The molecule has 1 aliphatic rings. The summed E-state index contributed by atoms with van der Waals surface area (Å²) in [6, 6.07) is 16.2. The van der Waals surface area contributed by atoms with E-state index < -0.39 is 11.6 Å². The number of benzene rings is 2. The number of nitriles is 1. The van der Waals surface area contributed by atoms with Gasteiger partial charge in [-0.2, -0.15) is 5.26 Å². The Bertz CT molecular complexity index is 1090. The van der Waals surface area contributed by atoms with Gasteiger partial charge in [0, 0.05) is 22.7 Å². The van der Waals surface area contributed by atoms with Crippen molar-refractivity contribution in [3.05, 3.63) is 66.5 Å². The minimum absolute atomic E-state index is 0.244. The van der Waals surface area contributed by atoms with Gasteiger partial charge in [-0.25, -0.2) is 4.79 Å². The highest BCUT2D eigenvalue weighted by Crippen LogP contribution is 2.34. The largest absolute Gasteiger partial charge is 0.386 e. The predicted molar refractivity (Wildman–Crippen MR) is 108 cm³/mol. The second-order valence-electron chi connectivity index (χ2n) is 7.40. The molecule has 6 nitrogen and oxygen atoms in total. The molecule has 0 unspecified atom stereocenters. The lowest BCUT2D eigenvalue weighted by Crippen LogP contribution is -2.34. The first-order valence-electron chi connectivity index (χ1n) is 9.06. The maximum absolute atomic E-state index is 13.3. The second kappa shape index (κ2) is 6.63. The normalized spacial score (nSPS) is 17.2. The number of hydrogen-bond acceptors (Lipinski definition) is 4. The third kappa shape index (κ3) is 2.96. The maximum Gasteiger partial charge on any atom is 0.330 e. The van der Waals surface area contributed by atoms with Crippen molar-refractivity contribution in [2.24, 2.45) is 0 Å². The molecule has 1 N–H and O–H groups in total. The van der Waals surface area contributed by atoms with Gasteiger partial charge >= 0.3 is 6.03 Å². The highest BCUT2D eigenvalue weighted by Gasteiger charge is 2.40. The Morgan fingerprint density at radius 1 is 1.18 bits per heavy atom. The van der Waals surface area contributed by atoms with Gasteiger partial charge in [0.25, 0.3) is 0 Å². The molecule has 1 saturated heterocycles. The van der Waals surface area contributed by atoms with E-state index in [1.807, 2.05) is 36.4 Å². The van der Waals surface area contributed by atoms with Crippen LogP contribution in [0.5, 0.6) is 0 Å². The zero-order valence-electron chi connectivity index (χ0n) is 15.7. The number of aromatic nitrogens is 1. The van der Waals surface area contributed by atoms with Gasteiger partial charge < -0.3 is 5.11 Å². The standard InChI is InChI=1S/C22H20N4O2/c1-22(2,28)16-7-5-8-17(10-16)25-14-18(11-23)26(21(25)27)20-13-24-12-15-6-3-4-9-19(15)20/h3-10,12-13,18,28H,14H2,1-2H3/t18-/m1/s1. The number of nitrogens with zero attached hydrogens (tertiary/aromatic N) is 4. The summed E-state index contributed by atoms with van der Waals surface area (Å²) >= 11 is 0. The van der Waals surface area contributed by atoms with Crippen LogP contribution in [0.15, 0.2) is 60.9 Å². The lowest BCUT2D eigenvalue weighted by Gasteiger charge is -2.23. The zero-order chi connectivity index (χ0) is 19.9. The molecule has 1 aromatic heterocycles. The first kappa shape index (κ1) is 18.0. The first-order valence-corrected chi connectivity index (χ1v) is 9.06. The fourth-order valence-electron chi connectivity index (χ4n) is 3.53. The van der Waals surface area contributed by atoms with Crippen LogP contribution in [0.4, 0.5) is 16.2 Å². The van der Waals surface area contributed by atoms with E-state index in [1.54, 1.807) is 43.3 Å². The third-order valence-electron chi connectivity index (χ3n) is 5.02. The van der Waals surface area contributed by atoms with E-state index in [-0.39, 0.29) is 12.6 Å². The fraction of sp³-hybridized carbons (Fsp3) is 0.227. The Hall–Kier alpha value is -3.43. The molecule has 4 rings (SSSR count). The monoisotopic (exact) mass is 372 g/mol. The van der Waals surface area contributed by atoms with Crippen molar-refractivity contribution in [2.75, 3.05) is 16.3 Å². The van der Waals surface area contributed by atoms with Gasteiger partial charge in [0.2, 0.25) is 0 Å². The van der Waals surface area contributed by atoms with Crippen LogP contribution in [0.2, 0.25) is 0 Å². The lowest BCUT2D eigenvalue weighted by atomic mass is 9.98. The molecule has 0 aliphatic carbocycles. The van der Waals surface area contributed by atoms with Crippen LogP contribution < -0.4 is 9.80 Å². The van der Waals surface area contributed by atoms with Crippen LogP contribution in [0, 0.1) is 11.3 Å².